The first-order valence-electron chi connectivity index (χ1n) is 9.31. The molecule has 5 atom stereocenters. The maximum atomic E-state index is 11.5. The Hall–Kier alpha value is -1.63. The van der Waals surface area contributed by atoms with Crippen molar-refractivity contribution in [2.45, 2.75) is 78.6 Å². The molecule has 0 aromatic rings. The molecule has 0 saturated carbocycles. The van der Waals surface area contributed by atoms with Gasteiger partial charge in [-0.1, -0.05) is 20.3 Å². The Morgan fingerprint density at radius 3 is 2.00 bits per heavy atom. The van der Waals surface area contributed by atoms with Gasteiger partial charge in [0.15, 0.2) is 0 Å². The molecule has 7 nitrogen and oxygen atoms in total. The Kier molecular flexibility index (Phi) is 9.62. The van der Waals surface area contributed by atoms with Crippen molar-refractivity contribution in [3.05, 3.63) is 0 Å². The van der Waals surface area contributed by atoms with Gasteiger partial charge in [0, 0.05) is 32.6 Å². The summed E-state index contributed by atoms with van der Waals surface area (Å²) in [6.45, 7) is 8.73. The van der Waals surface area contributed by atoms with E-state index in [1.54, 1.807) is 0 Å². The molecule has 150 valence electrons. The highest BCUT2D eigenvalue weighted by Gasteiger charge is 2.43. The molecule has 0 N–H and O–H groups in total. The van der Waals surface area contributed by atoms with E-state index in [0.29, 0.717) is 6.61 Å². The molecule has 1 saturated heterocycles. The van der Waals surface area contributed by atoms with Crippen LogP contribution in [0.3, 0.4) is 0 Å². The minimum atomic E-state index is -0.356. The molecule has 0 aromatic heterocycles. The molecule has 0 aliphatic carbocycles. The van der Waals surface area contributed by atoms with Gasteiger partial charge in [-0.2, -0.15) is 0 Å². The minimum absolute atomic E-state index is 0.0518. The lowest BCUT2D eigenvalue weighted by atomic mass is 9.81. The maximum Gasteiger partial charge on any atom is 0.302 e. The lowest BCUT2D eigenvalue weighted by molar-refractivity contribution is -0.201. The summed E-state index contributed by atoms with van der Waals surface area (Å²) >= 11 is 0. The van der Waals surface area contributed by atoms with Crippen molar-refractivity contribution < 1.29 is 33.3 Å². The average molecular weight is 372 g/mol. The highest BCUT2D eigenvalue weighted by Crippen LogP contribution is 2.35. The molecule has 0 aromatic carbocycles. The quantitative estimate of drug-likeness (QED) is 0.349. The van der Waals surface area contributed by atoms with Crippen molar-refractivity contribution >= 4 is 17.9 Å². The molecule has 1 fully saturated rings. The molecule has 1 heterocycles. The number of ether oxygens (including phenoxy) is 4. The van der Waals surface area contributed by atoms with Crippen LogP contribution < -0.4 is 0 Å². The van der Waals surface area contributed by atoms with Crippen LogP contribution in [-0.2, 0) is 33.3 Å². The molecular weight excluding hydrogens is 340 g/mol. The van der Waals surface area contributed by atoms with Crippen LogP contribution in [0, 0.1) is 11.8 Å². The first-order valence-corrected chi connectivity index (χ1v) is 9.31. The highest BCUT2D eigenvalue weighted by atomic mass is 16.6. The fourth-order valence-electron chi connectivity index (χ4n) is 3.34. The van der Waals surface area contributed by atoms with Gasteiger partial charge in [-0.05, 0) is 19.3 Å². The van der Waals surface area contributed by atoms with E-state index in [2.05, 4.69) is 0 Å². The van der Waals surface area contributed by atoms with Crippen LogP contribution in [0.25, 0.3) is 0 Å². The molecule has 0 spiro atoms. The van der Waals surface area contributed by atoms with Crippen molar-refractivity contribution in [2.75, 3.05) is 13.2 Å². The second-order valence-corrected chi connectivity index (χ2v) is 7.00. The van der Waals surface area contributed by atoms with Gasteiger partial charge in [-0.15, -0.1) is 0 Å². The van der Waals surface area contributed by atoms with Crippen LogP contribution in [0.4, 0.5) is 0 Å². The standard InChI is InChI=1S/C19H32O7/c1-12-17(9-7-6-8-10-23-14(3)20)26-18(11-24-15(4)21)13(2)19(12)25-16(5)22/h12-13,17-19H,6-11H2,1-5H3/t12-,13-,17+,18?,19?/m1/s1. The van der Waals surface area contributed by atoms with Crippen molar-refractivity contribution in [1.29, 1.82) is 0 Å². The molecule has 1 aliphatic rings. The van der Waals surface area contributed by atoms with E-state index in [-0.39, 0.29) is 54.7 Å². The number of rotatable bonds is 9. The largest absolute Gasteiger partial charge is 0.466 e. The first kappa shape index (κ1) is 22.4. The Bertz CT molecular complexity index is 477. The summed E-state index contributed by atoms with van der Waals surface area (Å²) in [6.07, 6.45) is 2.80. The molecule has 0 bridgehead atoms. The summed E-state index contributed by atoms with van der Waals surface area (Å²) in [4.78, 5) is 33.3. The Labute approximate surface area is 155 Å². The molecular formula is C19H32O7. The first-order chi connectivity index (χ1) is 12.2. The smallest absolute Gasteiger partial charge is 0.302 e. The Morgan fingerprint density at radius 2 is 1.42 bits per heavy atom. The lowest BCUT2D eigenvalue weighted by Gasteiger charge is -2.44. The van der Waals surface area contributed by atoms with Crippen LogP contribution in [0.5, 0.6) is 0 Å². The lowest BCUT2D eigenvalue weighted by Crippen LogP contribution is -2.52. The van der Waals surface area contributed by atoms with Gasteiger partial charge in [-0.3, -0.25) is 14.4 Å². The summed E-state index contributed by atoms with van der Waals surface area (Å²) < 4.78 is 21.7. The van der Waals surface area contributed by atoms with E-state index in [1.807, 2.05) is 13.8 Å². The van der Waals surface area contributed by atoms with Crippen LogP contribution in [0.2, 0.25) is 0 Å². The van der Waals surface area contributed by atoms with Crippen molar-refractivity contribution in [2.24, 2.45) is 11.8 Å². The normalized spacial score (nSPS) is 28.3. The third-order valence-corrected chi connectivity index (χ3v) is 4.75. The monoisotopic (exact) mass is 372 g/mol. The summed E-state index contributed by atoms with van der Waals surface area (Å²) in [5.41, 5.74) is 0. The molecule has 1 aliphatic heterocycles. The minimum Gasteiger partial charge on any atom is -0.466 e. The summed E-state index contributed by atoms with van der Waals surface area (Å²) in [5, 5.41) is 0. The van der Waals surface area contributed by atoms with Gasteiger partial charge in [0.25, 0.3) is 0 Å². The van der Waals surface area contributed by atoms with E-state index < -0.39 is 0 Å². The summed E-state index contributed by atoms with van der Waals surface area (Å²) in [6, 6.07) is 0. The topological polar surface area (TPSA) is 88.1 Å². The zero-order valence-electron chi connectivity index (χ0n) is 16.5. The van der Waals surface area contributed by atoms with Crippen molar-refractivity contribution in [3.8, 4) is 0 Å². The predicted octanol–water partition coefficient (Wildman–Crippen LogP) is 2.64. The Balaban J connectivity index is 2.59. The number of unbranched alkanes of at least 4 members (excludes halogenated alkanes) is 2. The van der Waals surface area contributed by atoms with Gasteiger partial charge in [0.05, 0.1) is 18.8 Å². The van der Waals surface area contributed by atoms with Crippen molar-refractivity contribution in [1.82, 2.24) is 0 Å². The predicted molar refractivity (Wildman–Crippen MR) is 94.3 cm³/mol. The number of esters is 3. The number of carbonyl (C=O) groups excluding carboxylic acids is 3. The molecule has 0 amide bonds. The SMILES string of the molecule is CC(=O)OCCCCC[C@@H]1OC(COC(C)=O)[C@@H](C)C(OC(C)=O)[C@@H]1C. The maximum absolute atomic E-state index is 11.5. The second kappa shape index (κ2) is 11.2. The van der Waals surface area contributed by atoms with Crippen LogP contribution >= 0.6 is 0 Å². The van der Waals surface area contributed by atoms with E-state index in [0.717, 1.165) is 25.7 Å². The number of hydrogen-bond acceptors (Lipinski definition) is 7. The van der Waals surface area contributed by atoms with Gasteiger partial charge in [0.2, 0.25) is 0 Å². The Morgan fingerprint density at radius 1 is 0.808 bits per heavy atom. The van der Waals surface area contributed by atoms with E-state index in [1.165, 1.54) is 20.8 Å². The molecule has 0 radical (unpaired) electrons. The van der Waals surface area contributed by atoms with Crippen LogP contribution in [-0.4, -0.2) is 49.4 Å². The number of hydrogen-bond donors (Lipinski definition) is 0. The van der Waals surface area contributed by atoms with Gasteiger partial charge in [-0.25, -0.2) is 0 Å². The van der Waals surface area contributed by atoms with E-state index in [4.69, 9.17) is 18.9 Å². The fourth-order valence-corrected chi connectivity index (χ4v) is 3.34. The van der Waals surface area contributed by atoms with Gasteiger partial charge in [0.1, 0.15) is 12.7 Å². The third kappa shape index (κ3) is 7.72. The third-order valence-electron chi connectivity index (χ3n) is 4.75. The van der Waals surface area contributed by atoms with Crippen LogP contribution in [0.1, 0.15) is 60.3 Å². The molecule has 1 rings (SSSR count). The molecule has 7 heteroatoms. The fraction of sp³-hybridized carbons (Fsp3) is 0.842. The molecule has 2 unspecified atom stereocenters. The van der Waals surface area contributed by atoms with E-state index >= 15 is 0 Å². The zero-order valence-corrected chi connectivity index (χ0v) is 16.5. The number of carbonyl (C=O) groups is 3. The van der Waals surface area contributed by atoms with Gasteiger partial charge < -0.3 is 18.9 Å². The zero-order chi connectivity index (χ0) is 19.7. The average Bonchev–Trinajstić information content (AvgIpc) is 2.54. The van der Waals surface area contributed by atoms with E-state index in [9.17, 15) is 14.4 Å². The molecule has 26 heavy (non-hydrogen) atoms. The summed E-state index contributed by atoms with van der Waals surface area (Å²) in [5.74, 6) is -0.947. The van der Waals surface area contributed by atoms with Crippen molar-refractivity contribution in [3.63, 3.8) is 0 Å². The summed E-state index contributed by atoms with van der Waals surface area (Å²) in [7, 11) is 0. The van der Waals surface area contributed by atoms with Crippen LogP contribution in [0.15, 0.2) is 0 Å². The highest BCUT2D eigenvalue weighted by molar-refractivity contribution is 5.66. The van der Waals surface area contributed by atoms with Gasteiger partial charge >= 0.3 is 17.9 Å². The second-order valence-electron chi connectivity index (χ2n) is 7.00.